The van der Waals surface area contributed by atoms with Gasteiger partial charge in [0.05, 0.1) is 0 Å². The fourth-order valence-corrected chi connectivity index (χ4v) is 4.22. The number of benzene rings is 1. The predicted molar refractivity (Wildman–Crippen MR) is 82.3 cm³/mol. The first-order valence-corrected chi connectivity index (χ1v) is 7.99. The summed E-state index contributed by atoms with van der Waals surface area (Å²) in [4.78, 5) is 13.5. The van der Waals surface area contributed by atoms with E-state index in [-0.39, 0.29) is 0 Å². The van der Waals surface area contributed by atoms with Gasteiger partial charge in [0, 0.05) is 17.4 Å². The van der Waals surface area contributed by atoms with E-state index >= 15 is 0 Å². The molecule has 5 heteroatoms. The van der Waals surface area contributed by atoms with Crippen molar-refractivity contribution in [1.29, 1.82) is 0 Å². The molecular formula is C15H22N2O2S. The third-order valence-corrected chi connectivity index (χ3v) is 5.30. The zero-order valence-corrected chi connectivity index (χ0v) is 12.9. The topological polar surface area (TPSA) is 55.6 Å². The van der Waals surface area contributed by atoms with Crippen LogP contribution < -0.4 is 5.73 Å². The average Bonchev–Trinajstić information content (AvgIpc) is 2.75. The lowest BCUT2D eigenvalue weighted by Crippen LogP contribution is -2.45. The lowest BCUT2D eigenvalue weighted by molar-refractivity contribution is -0.0368. The lowest BCUT2D eigenvalue weighted by atomic mass is 10.1. The van der Waals surface area contributed by atoms with Gasteiger partial charge in [0.1, 0.15) is 0 Å². The van der Waals surface area contributed by atoms with Gasteiger partial charge in [-0.2, -0.15) is 0 Å². The first-order valence-electron chi connectivity index (χ1n) is 7.01. The maximum Gasteiger partial charge on any atom is 0.407 e. The molecule has 1 aliphatic rings. The van der Waals surface area contributed by atoms with Gasteiger partial charge in [0.25, 0.3) is 0 Å². The van der Waals surface area contributed by atoms with Crippen molar-refractivity contribution < 1.29 is 9.53 Å². The molecule has 2 unspecified atom stereocenters. The molecule has 2 N–H and O–H groups in total. The summed E-state index contributed by atoms with van der Waals surface area (Å²) in [5, 5.41) is -0.786. The summed E-state index contributed by atoms with van der Waals surface area (Å²) in [6.45, 7) is 2.19. The number of amides is 1. The Morgan fingerprint density at radius 3 is 2.80 bits per heavy atom. The number of primary amides is 1. The summed E-state index contributed by atoms with van der Waals surface area (Å²) in [5.74, 6) is 0.943. The third kappa shape index (κ3) is 2.94. The smallest absolute Gasteiger partial charge is 0.407 e. The molecule has 1 aromatic rings. The van der Waals surface area contributed by atoms with E-state index in [1.54, 1.807) is 11.8 Å². The monoisotopic (exact) mass is 294 g/mol. The molecule has 1 fully saturated rings. The van der Waals surface area contributed by atoms with Crippen LogP contribution in [0, 0.1) is 0 Å². The van der Waals surface area contributed by atoms with Crippen molar-refractivity contribution in [3.63, 3.8) is 0 Å². The summed E-state index contributed by atoms with van der Waals surface area (Å²) < 4.78 is 5.54. The minimum absolute atomic E-state index is 0.402. The molecular weight excluding hydrogens is 272 g/mol. The number of carbonyl (C=O) groups excluding carboxylic acids is 1. The van der Waals surface area contributed by atoms with Crippen LogP contribution in [0.5, 0.6) is 0 Å². The van der Waals surface area contributed by atoms with Crippen LogP contribution in [-0.2, 0) is 9.79 Å². The molecule has 0 aliphatic carbocycles. The molecule has 1 heterocycles. The second kappa shape index (κ2) is 6.50. The lowest BCUT2D eigenvalue weighted by Gasteiger charge is -2.36. The van der Waals surface area contributed by atoms with Gasteiger partial charge in [-0.15, -0.1) is 0 Å². The quantitative estimate of drug-likeness (QED) is 0.906. The number of unbranched alkanes of at least 4 members (excludes halogenated alkanes) is 1. The largest absolute Gasteiger partial charge is 0.414 e. The normalized spacial score (nSPS) is 26.6. The van der Waals surface area contributed by atoms with E-state index in [0.29, 0.717) is 6.04 Å². The van der Waals surface area contributed by atoms with E-state index in [0.717, 1.165) is 17.7 Å². The summed E-state index contributed by atoms with van der Waals surface area (Å²) in [7, 11) is 2.01. The molecule has 1 aromatic carbocycles. The Hall–Kier alpha value is -1.20. The second-order valence-corrected chi connectivity index (χ2v) is 6.26. The van der Waals surface area contributed by atoms with Gasteiger partial charge >= 0.3 is 6.09 Å². The van der Waals surface area contributed by atoms with Crippen LogP contribution in [0.4, 0.5) is 4.79 Å². The molecule has 1 aliphatic heterocycles. The molecule has 0 bridgehead atoms. The molecule has 0 aromatic heterocycles. The highest BCUT2D eigenvalue weighted by Gasteiger charge is 2.49. The SMILES string of the molecule is CCCCC1CSC(OC(N)=O)(c2ccccc2)N1C. The van der Waals surface area contributed by atoms with Gasteiger partial charge < -0.3 is 10.5 Å². The van der Waals surface area contributed by atoms with E-state index in [9.17, 15) is 4.79 Å². The maximum atomic E-state index is 11.4. The second-order valence-electron chi connectivity index (χ2n) is 5.09. The van der Waals surface area contributed by atoms with Crippen LogP contribution in [0.1, 0.15) is 31.7 Å². The van der Waals surface area contributed by atoms with E-state index in [1.807, 2.05) is 37.4 Å². The number of rotatable bonds is 5. The Morgan fingerprint density at radius 2 is 2.20 bits per heavy atom. The van der Waals surface area contributed by atoms with Gasteiger partial charge in [-0.1, -0.05) is 61.9 Å². The number of thioether (sulfide) groups is 1. The molecule has 0 spiro atoms. The molecule has 20 heavy (non-hydrogen) atoms. The standard InChI is InChI=1S/C15H22N2O2S/c1-3-4-10-13-11-20-15(17(13)2,19-14(16)18)12-8-6-5-7-9-12/h5-9,13H,3-4,10-11H2,1-2H3,(H2,16,18). The van der Waals surface area contributed by atoms with Gasteiger partial charge in [0.2, 0.25) is 5.06 Å². The van der Waals surface area contributed by atoms with Crippen molar-refractivity contribution in [2.45, 2.75) is 37.3 Å². The number of ether oxygens (including phenoxy) is 1. The molecule has 4 nitrogen and oxygen atoms in total. The molecule has 1 amide bonds. The van der Waals surface area contributed by atoms with Gasteiger partial charge in [-0.05, 0) is 13.5 Å². The Balaban J connectivity index is 2.27. The molecule has 1 saturated heterocycles. The van der Waals surface area contributed by atoms with E-state index in [2.05, 4.69) is 11.8 Å². The summed E-state index contributed by atoms with van der Waals surface area (Å²) in [6, 6.07) is 10.2. The highest BCUT2D eigenvalue weighted by atomic mass is 32.2. The Kier molecular flexibility index (Phi) is 4.94. The molecule has 110 valence electrons. The van der Waals surface area contributed by atoms with Crippen LogP contribution in [0.15, 0.2) is 30.3 Å². The van der Waals surface area contributed by atoms with Crippen molar-refractivity contribution >= 4 is 17.9 Å². The average molecular weight is 294 g/mol. The minimum Gasteiger partial charge on any atom is -0.414 e. The van der Waals surface area contributed by atoms with Gasteiger partial charge in [-0.25, -0.2) is 4.79 Å². The van der Waals surface area contributed by atoms with E-state index < -0.39 is 11.2 Å². The number of hydrogen-bond acceptors (Lipinski definition) is 4. The van der Waals surface area contributed by atoms with E-state index in [4.69, 9.17) is 10.5 Å². The number of nitrogens with zero attached hydrogens (tertiary/aromatic N) is 1. The third-order valence-electron chi connectivity index (χ3n) is 3.75. The number of carbonyl (C=O) groups is 1. The fraction of sp³-hybridized carbons (Fsp3) is 0.533. The minimum atomic E-state index is -0.786. The van der Waals surface area contributed by atoms with Crippen molar-refractivity contribution in [2.24, 2.45) is 5.73 Å². The molecule has 2 atom stereocenters. The zero-order chi connectivity index (χ0) is 14.6. The molecule has 0 saturated carbocycles. The first-order chi connectivity index (χ1) is 9.60. The van der Waals surface area contributed by atoms with Crippen molar-refractivity contribution in [1.82, 2.24) is 4.90 Å². The summed E-state index contributed by atoms with van der Waals surface area (Å²) in [5.41, 5.74) is 6.26. The maximum absolute atomic E-state index is 11.4. The Labute approximate surface area is 124 Å². The Bertz CT molecular complexity index is 454. The number of nitrogens with two attached hydrogens (primary N) is 1. The van der Waals surface area contributed by atoms with Crippen LogP contribution in [-0.4, -0.2) is 29.8 Å². The zero-order valence-electron chi connectivity index (χ0n) is 12.0. The van der Waals surface area contributed by atoms with Crippen LogP contribution in [0.3, 0.4) is 0 Å². The van der Waals surface area contributed by atoms with Gasteiger partial charge in [-0.3, -0.25) is 4.90 Å². The molecule has 2 rings (SSSR count). The summed E-state index contributed by atoms with van der Waals surface area (Å²) in [6.07, 6.45) is 2.72. The van der Waals surface area contributed by atoms with Crippen LogP contribution in [0.25, 0.3) is 0 Å². The number of hydrogen-bond donors (Lipinski definition) is 1. The van der Waals surface area contributed by atoms with Crippen LogP contribution in [0.2, 0.25) is 0 Å². The highest BCUT2D eigenvalue weighted by Crippen LogP contribution is 2.48. The van der Waals surface area contributed by atoms with Crippen molar-refractivity contribution in [3.05, 3.63) is 35.9 Å². The van der Waals surface area contributed by atoms with Crippen LogP contribution >= 0.6 is 11.8 Å². The summed E-state index contributed by atoms with van der Waals surface area (Å²) >= 11 is 1.64. The predicted octanol–water partition coefficient (Wildman–Crippen LogP) is 3.13. The Morgan fingerprint density at radius 1 is 1.50 bits per heavy atom. The highest BCUT2D eigenvalue weighted by molar-refractivity contribution is 8.00. The van der Waals surface area contributed by atoms with E-state index in [1.165, 1.54) is 12.8 Å². The molecule has 0 radical (unpaired) electrons. The van der Waals surface area contributed by atoms with Gasteiger partial charge in [0.15, 0.2) is 0 Å². The van der Waals surface area contributed by atoms with Crippen molar-refractivity contribution in [2.75, 3.05) is 12.8 Å². The van der Waals surface area contributed by atoms with Crippen molar-refractivity contribution in [3.8, 4) is 0 Å². The first kappa shape index (κ1) is 15.2. The fourth-order valence-electron chi connectivity index (χ4n) is 2.61.